The molecule has 1 fully saturated rings. The Bertz CT molecular complexity index is 424. The Hall–Kier alpha value is -1.57. The summed E-state index contributed by atoms with van der Waals surface area (Å²) in [4.78, 5) is 44.2. The molecule has 0 aromatic heterocycles. The fourth-order valence-electron chi connectivity index (χ4n) is 2.07. The number of Topliss-reactive ketones (excluding diaryl/α,β-unsaturated/α-hetero) is 1. The molecule has 0 aromatic carbocycles. The number of rotatable bonds is 7. The average molecular weight is 303 g/mol. The Labute approximate surface area is 120 Å². The van der Waals surface area contributed by atoms with Crippen molar-refractivity contribution < 1.29 is 29.4 Å². The molecule has 112 valence electrons. The molecule has 0 saturated heterocycles. The molecule has 0 spiro atoms. The van der Waals surface area contributed by atoms with Crippen molar-refractivity contribution in [3.8, 4) is 0 Å². The van der Waals surface area contributed by atoms with Crippen molar-refractivity contribution in [2.24, 2.45) is 11.8 Å². The first-order valence-corrected chi connectivity index (χ1v) is 7.30. The van der Waals surface area contributed by atoms with Gasteiger partial charge in [-0.1, -0.05) is 0 Å². The van der Waals surface area contributed by atoms with Crippen molar-refractivity contribution in [1.82, 2.24) is 5.32 Å². The molecule has 0 aromatic rings. The van der Waals surface area contributed by atoms with Crippen LogP contribution in [0.2, 0.25) is 0 Å². The molecule has 0 bridgehead atoms. The zero-order valence-corrected chi connectivity index (χ0v) is 11.8. The molecule has 1 amide bonds. The summed E-state index contributed by atoms with van der Waals surface area (Å²) >= 11 is 1.24. The number of ketones is 1. The summed E-state index contributed by atoms with van der Waals surface area (Å²) in [7, 11) is 0. The molecule has 0 heterocycles. The highest BCUT2D eigenvalue weighted by Crippen LogP contribution is 2.30. The van der Waals surface area contributed by atoms with Crippen LogP contribution in [0.4, 0.5) is 0 Å². The van der Waals surface area contributed by atoms with E-state index < -0.39 is 29.8 Å². The highest BCUT2D eigenvalue weighted by atomic mass is 32.2. The summed E-state index contributed by atoms with van der Waals surface area (Å²) in [6.45, 7) is 1.23. The number of hydrogen-bond donors (Lipinski definition) is 3. The van der Waals surface area contributed by atoms with Crippen LogP contribution in [0, 0.1) is 11.8 Å². The van der Waals surface area contributed by atoms with Crippen molar-refractivity contribution in [1.29, 1.82) is 0 Å². The molecule has 7 nitrogen and oxygen atoms in total. The Balaban J connectivity index is 2.39. The predicted molar refractivity (Wildman–Crippen MR) is 71.4 cm³/mol. The first kappa shape index (κ1) is 16.5. The van der Waals surface area contributed by atoms with Gasteiger partial charge in [0.2, 0.25) is 5.91 Å². The van der Waals surface area contributed by atoms with E-state index in [1.54, 1.807) is 0 Å². The number of carbonyl (C=O) groups excluding carboxylic acids is 2. The summed E-state index contributed by atoms with van der Waals surface area (Å²) in [6.07, 6.45) is 0.355. The number of aliphatic carboxylic acids is 2. The SMILES string of the molecule is CC(=O)NC(CSC[C@H]1C[C@H](C(=O)O)CC1=O)C(=O)O. The Morgan fingerprint density at radius 1 is 1.40 bits per heavy atom. The van der Waals surface area contributed by atoms with Gasteiger partial charge in [-0.05, 0) is 6.42 Å². The van der Waals surface area contributed by atoms with E-state index in [0.717, 1.165) is 0 Å². The van der Waals surface area contributed by atoms with Crippen molar-refractivity contribution >= 4 is 35.4 Å². The van der Waals surface area contributed by atoms with Gasteiger partial charge in [0, 0.05) is 30.8 Å². The lowest BCUT2D eigenvalue weighted by molar-refractivity contribution is -0.142. The zero-order valence-electron chi connectivity index (χ0n) is 11.0. The number of hydrogen-bond acceptors (Lipinski definition) is 5. The minimum atomic E-state index is -1.13. The summed E-state index contributed by atoms with van der Waals surface area (Å²) in [5, 5.41) is 20.1. The fraction of sp³-hybridized carbons (Fsp3) is 0.667. The van der Waals surface area contributed by atoms with Gasteiger partial charge >= 0.3 is 11.9 Å². The molecule has 1 aliphatic rings. The van der Waals surface area contributed by atoms with Crippen LogP contribution in [-0.2, 0) is 19.2 Å². The predicted octanol–water partition coefficient (Wildman–Crippen LogP) is -0.0112. The Morgan fingerprint density at radius 2 is 2.05 bits per heavy atom. The van der Waals surface area contributed by atoms with Crippen molar-refractivity contribution in [2.45, 2.75) is 25.8 Å². The molecule has 1 unspecified atom stereocenters. The van der Waals surface area contributed by atoms with E-state index in [1.165, 1.54) is 18.7 Å². The molecule has 8 heteroatoms. The number of thioether (sulfide) groups is 1. The molecule has 3 N–H and O–H groups in total. The molecule has 0 aliphatic heterocycles. The zero-order chi connectivity index (χ0) is 15.3. The van der Waals surface area contributed by atoms with E-state index in [-0.39, 0.29) is 23.9 Å². The lowest BCUT2D eigenvalue weighted by atomic mass is 10.1. The van der Waals surface area contributed by atoms with Gasteiger partial charge in [-0.2, -0.15) is 11.8 Å². The van der Waals surface area contributed by atoms with Crippen LogP contribution in [0.1, 0.15) is 19.8 Å². The van der Waals surface area contributed by atoms with Gasteiger partial charge in [-0.25, -0.2) is 4.79 Å². The van der Waals surface area contributed by atoms with Crippen molar-refractivity contribution in [3.63, 3.8) is 0 Å². The topological polar surface area (TPSA) is 121 Å². The molecule has 1 rings (SSSR count). The third-order valence-electron chi connectivity index (χ3n) is 3.10. The van der Waals surface area contributed by atoms with Gasteiger partial charge in [0.25, 0.3) is 0 Å². The molecule has 1 saturated carbocycles. The highest BCUT2D eigenvalue weighted by molar-refractivity contribution is 7.99. The van der Waals surface area contributed by atoms with Crippen LogP contribution < -0.4 is 5.32 Å². The second-order valence-electron chi connectivity index (χ2n) is 4.77. The number of nitrogens with one attached hydrogen (secondary N) is 1. The number of amides is 1. The van der Waals surface area contributed by atoms with Crippen LogP contribution in [-0.4, -0.2) is 51.4 Å². The highest BCUT2D eigenvalue weighted by Gasteiger charge is 2.36. The van der Waals surface area contributed by atoms with Gasteiger partial charge in [0.1, 0.15) is 11.8 Å². The van der Waals surface area contributed by atoms with E-state index in [1.807, 2.05) is 0 Å². The standard InChI is InChI=1S/C12H17NO6S/c1-6(14)13-9(12(18)19)5-20-4-8-2-7(11(16)17)3-10(8)15/h7-9H,2-5H2,1H3,(H,13,14)(H,16,17)(H,18,19)/t7-,8+,9?/m0/s1. The van der Waals surface area contributed by atoms with Crippen LogP contribution in [0.5, 0.6) is 0 Å². The molecule has 1 aliphatic carbocycles. The maximum Gasteiger partial charge on any atom is 0.327 e. The van der Waals surface area contributed by atoms with E-state index in [2.05, 4.69) is 5.32 Å². The van der Waals surface area contributed by atoms with Gasteiger partial charge < -0.3 is 15.5 Å². The fourth-order valence-corrected chi connectivity index (χ4v) is 3.27. The molecule has 0 radical (unpaired) electrons. The van der Waals surface area contributed by atoms with Crippen molar-refractivity contribution in [2.75, 3.05) is 11.5 Å². The minimum Gasteiger partial charge on any atom is -0.481 e. The first-order valence-electron chi connectivity index (χ1n) is 6.14. The lowest BCUT2D eigenvalue weighted by Gasteiger charge is -2.14. The maximum atomic E-state index is 11.6. The smallest absolute Gasteiger partial charge is 0.327 e. The van der Waals surface area contributed by atoms with E-state index in [4.69, 9.17) is 10.2 Å². The lowest BCUT2D eigenvalue weighted by Crippen LogP contribution is -2.41. The van der Waals surface area contributed by atoms with Gasteiger partial charge in [-0.3, -0.25) is 14.4 Å². The second kappa shape index (κ2) is 7.28. The van der Waals surface area contributed by atoms with Crippen LogP contribution in [0.15, 0.2) is 0 Å². The molecular formula is C12H17NO6S. The quantitative estimate of drug-likeness (QED) is 0.604. The Morgan fingerprint density at radius 3 is 2.50 bits per heavy atom. The summed E-state index contributed by atoms with van der Waals surface area (Å²) in [5.74, 6) is -3.05. The molecule has 3 atom stereocenters. The summed E-state index contributed by atoms with van der Waals surface area (Å²) in [5.41, 5.74) is 0. The number of carbonyl (C=O) groups is 4. The number of carboxylic acid groups (broad SMARTS) is 2. The van der Waals surface area contributed by atoms with E-state index in [0.29, 0.717) is 12.2 Å². The molecule has 20 heavy (non-hydrogen) atoms. The van der Waals surface area contributed by atoms with Gasteiger partial charge in [0.15, 0.2) is 0 Å². The minimum absolute atomic E-state index is 0.0502. The third-order valence-corrected chi connectivity index (χ3v) is 4.31. The second-order valence-corrected chi connectivity index (χ2v) is 5.84. The van der Waals surface area contributed by atoms with Crippen LogP contribution in [0.25, 0.3) is 0 Å². The average Bonchev–Trinajstić information content (AvgIpc) is 2.69. The molecular weight excluding hydrogens is 286 g/mol. The first-order chi connectivity index (χ1) is 9.31. The van der Waals surface area contributed by atoms with Gasteiger partial charge in [0.05, 0.1) is 5.92 Å². The Kier molecular flexibility index (Phi) is 6.00. The maximum absolute atomic E-state index is 11.6. The van der Waals surface area contributed by atoms with Crippen LogP contribution >= 0.6 is 11.8 Å². The summed E-state index contributed by atoms with van der Waals surface area (Å²) in [6, 6.07) is -0.996. The van der Waals surface area contributed by atoms with E-state index >= 15 is 0 Å². The van der Waals surface area contributed by atoms with E-state index in [9.17, 15) is 19.2 Å². The largest absolute Gasteiger partial charge is 0.481 e. The van der Waals surface area contributed by atoms with Crippen molar-refractivity contribution in [3.05, 3.63) is 0 Å². The normalized spacial score (nSPS) is 23.4. The monoisotopic (exact) mass is 303 g/mol. The summed E-state index contributed by atoms with van der Waals surface area (Å²) < 4.78 is 0. The third kappa shape index (κ3) is 4.84. The number of carboxylic acids is 2. The van der Waals surface area contributed by atoms with Gasteiger partial charge in [-0.15, -0.1) is 0 Å². The van der Waals surface area contributed by atoms with Crippen LogP contribution in [0.3, 0.4) is 0 Å².